The molecule has 2 aromatic rings. The number of rotatable bonds is 10. The first-order chi connectivity index (χ1) is 14.3. The molecular formula is C24H31FN2O3. The number of halogens is 1. The van der Waals surface area contributed by atoms with E-state index in [1.807, 2.05) is 6.92 Å². The smallest absolute Gasteiger partial charge is 0.410 e. The Bertz CT molecular complexity index is 867. The molecular weight excluding hydrogens is 383 g/mol. The molecule has 2 rings (SSSR count). The van der Waals surface area contributed by atoms with Crippen LogP contribution < -0.4 is 5.73 Å². The summed E-state index contributed by atoms with van der Waals surface area (Å²) in [6.45, 7) is 7.43. The van der Waals surface area contributed by atoms with Gasteiger partial charge in [0, 0.05) is 24.2 Å². The van der Waals surface area contributed by atoms with E-state index in [1.165, 1.54) is 6.07 Å². The number of amides is 2. The fourth-order valence-corrected chi connectivity index (χ4v) is 3.00. The van der Waals surface area contributed by atoms with Gasteiger partial charge < -0.3 is 15.4 Å². The van der Waals surface area contributed by atoms with E-state index < -0.39 is 11.7 Å². The van der Waals surface area contributed by atoms with Gasteiger partial charge in [0.15, 0.2) is 0 Å². The molecule has 0 saturated heterocycles. The number of nitrogens with zero attached hydrogens (tertiary/aromatic N) is 1. The molecule has 0 aliphatic carbocycles. The molecule has 0 heterocycles. The molecule has 0 aliphatic heterocycles. The Balaban J connectivity index is 2.18. The van der Waals surface area contributed by atoms with Crippen LogP contribution in [-0.2, 0) is 11.3 Å². The first-order valence-corrected chi connectivity index (χ1v) is 10.4. The van der Waals surface area contributed by atoms with E-state index in [-0.39, 0.29) is 12.6 Å². The third-order valence-electron chi connectivity index (χ3n) is 4.82. The first kappa shape index (κ1) is 23.4. The van der Waals surface area contributed by atoms with E-state index in [2.05, 4.69) is 13.8 Å². The van der Waals surface area contributed by atoms with Crippen molar-refractivity contribution in [2.45, 2.75) is 46.6 Å². The second-order valence-electron chi connectivity index (χ2n) is 7.83. The van der Waals surface area contributed by atoms with Gasteiger partial charge in [0.05, 0.1) is 6.61 Å². The van der Waals surface area contributed by atoms with Crippen LogP contribution in [0.3, 0.4) is 0 Å². The number of nitrogens with two attached hydrogens (primary N) is 1. The molecule has 2 amide bonds. The lowest BCUT2D eigenvalue weighted by Gasteiger charge is -2.23. The molecule has 0 bridgehead atoms. The maximum Gasteiger partial charge on any atom is 0.410 e. The number of hydrogen-bond acceptors (Lipinski definition) is 3. The van der Waals surface area contributed by atoms with Crippen molar-refractivity contribution in [2.24, 2.45) is 11.7 Å². The molecule has 5 nitrogen and oxygen atoms in total. The summed E-state index contributed by atoms with van der Waals surface area (Å²) in [7, 11) is 0. The predicted octanol–water partition coefficient (Wildman–Crippen LogP) is 5.38. The Labute approximate surface area is 178 Å². The van der Waals surface area contributed by atoms with E-state index in [4.69, 9.17) is 10.5 Å². The summed E-state index contributed by atoms with van der Waals surface area (Å²) in [5, 5.41) is 0. The minimum Gasteiger partial charge on any atom is -0.449 e. The molecule has 0 radical (unpaired) electrons. The third kappa shape index (κ3) is 6.87. The van der Waals surface area contributed by atoms with Crippen LogP contribution in [0.1, 0.15) is 56.0 Å². The van der Waals surface area contributed by atoms with Crippen molar-refractivity contribution in [1.82, 2.24) is 4.90 Å². The van der Waals surface area contributed by atoms with Crippen LogP contribution in [0.2, 0.25) is 0 Å². The van der Waals surface area contributed by atoms with Crippen molar-refractivity contribution in [1.29, 1.82) is 0 Å². The minimum atomic E-state index is -0.559. The van der Waals surface area contributed by atoms with Crippen molar-refractivity contribution in [3.63, 3.8) is 0 Å². The van der Waals surface area contributed by atoms with E-state index >= 15 is 0 Å². The highest BCUT2D eigenvalue weighted by Crippen LogP contribution is 2.25. The number of hydrogen-bond donors (Lipinski definition) is 1. The SMILES string of the molecule is CCCCOC(=O)N(CCC(C)C)Cc1ccc(-c2cccc(C(N)=O)c2)c(F)c1. The zero-order valence-corrected chi connectivity index (χ0v) is 18.0. The molecule has 0 atom stereocenters. The van der Waals surface area contributed by atoms with Gasteiger partial charge in [-0.05, 0) is 48.1 Å². The van der Waals surface area contributed by atoms with Crippen LogP contribution >= 0.6 is 0 Å². The van der Waals surface area contributed by atoms with Crippen LogP contribution in [0.15, 0.2) is 42.5 Å². The zero-order chi connectivity index (χ0) is 22.1. The second-order valence-corrected chi connectivity index (χ2v) is 7.83. The fourth-order valence-electron chi connectivity index (χ4n) is 3.00. The van der Waals surface area contributed by atoms with Gasteiger partial charge in [0.2, 0.25) is 5.91 Å². The molecule has 2 N–H and O–H groups in total. The standard InChI is InChI=1S/C24H31FN2O3/c1-4-5-13-30-24(29)27(12-11-17(2)3)16-18-9-10-21(22(25)14-18)19-7-6-8-20(15-19)23(26)28/h6-10,14-15,17H,4-5,11-13,16H2,1-3H3,(H2,26,28). The van der Waals surface area contributed by atoms with Crippen molar-refractivity contribution >= 4 is 12.0 Å². The van der Waals surface area contributed by atoms with Crippen molar-refractivity contribution < 1.29 is 18.7 Å². The molecule has 0 spiro atoms. The Hall–Kier alpha value is -2.89. The van der Waals surface area contributed by atoms with Gasteiger partial charge in [-0.15, -0.1) is 0 Å². The van der Waals surface area contributed by atoms with Gasteiger partial charge in [-0.1, -0.05) is 51.5 Å². The highest BCUT2D eigenvalue weighted by Gasteiger charge is 2.17. The van der Waals surface area contributed by atoms with Crippen LogP contribution in [-0.4, -0.2) is 30.1 Å². The molecule has 0 fully saturated rings. The molecule has 0 aromatic heterocycles. The van der Waals surface area contributed by atoms with Crippen molar-refractivity contribution in [2.75, 3.05) is 13.2 Å². The van der Waals surface area contributed by atoms with Crippen molar-refractivity contribution in [3.05, 3.63) is 59.4 Å². The lowest BCUT2D eigenvalue weighted by atomic mass is 10.0. The number of carbonyl (C=O) groups excluding carboxylic acids is 2. The van der Waals surface area contributed by atoms with Gasteiger partial charge in [-0.2, -0.15) is 0 Å². The van der Waals surface area contributed by atoms with Gasteiger partial charge in [0.25, 0.3) is 0 Å². The van der Waals surface area contributed by atoms with Crippen LogP contribution in [0, 0.1) is 11.7 Å². The summed E-state index contributed by atoms with van der Waals surface area (Å²) in [5.74, 6) is -0.541. The van der Waals surface area contributed by atoms with Gasteiger partial charge in [-0.3, -0.25) is 4.79 Å². The largest absolute Gasteiger partial charge is 0.449 e. The molecule has 0 unspecified atom stereocenters. The number of ether oxygens (including phenoxy) is 1. The Kier molecular flexibility index (Phi) is 8.84. The zero-order valence-electron chi connectivity index (χ0n) is 18.0. The monoisotopic (exact) mass is 414 g/mol. The van der Waals surface area contributed by atoms with Crippen LogP contribution in [0.4, 0.5) is 9.18 Å². The highest BCUT2D eigenvalue weighted by molar-refractivity contribution is 5.94. The fraction of sp³-hybridized carbons (Fsp3) is 0.417. The van der Waals surface area contributed by atoms with E-state index in [0.29, 0.717) is 41.3 Å². The van der Waals surface area contributed by atoms with Crippen molar-refractivity contribution in [3.8, 4) is 11.1 Å². The number of unbranched alkanes of at least 4 members (excludes halogenated alkanes) is 1. The van der Waals surface area contributed by atoms with E-state index in [0.717, 1.165) is 19.3 Å². The predicted molar refractivity (Wildman–Crippen MR) is 116 cm³/mol. The second kappa shape index (κ2) is 11.3. The number of carbonyl (C=O) groups is 2. The summed E-state index contributed by atoms with van der Waals surface area (Å²) < 4.78 is 20.2. The minimum absolute atomic E-state index is 0.274. The maximum atomic E-state index is 14.8. The van der Waals surface area contributed by atoms with Gasteiger partial charge in [-0.25, -0.2) is 9.18 Å². The lowest BCUT2D eigenvalue weighted by Crippen LogP contribution is -2.33. The Morgan fingerprint density at radius 2 is 1.93 bits per heavy atom. The van der Waals surface area contributed by atoms with Gasteiger partial charge in [0.1, 0.15) is 5.82 Å². The Morgan fingerprint density at radius 1 is 1.17 bits per heavy atom. The average molecular weight is 415 g/mol. The van der Waals surface area contributed by atoms with Gasteiger partial charge >= 0.3 is 6.09 Å². The van der Waals surface area contributed by atoms with Crippen LogP contribution in [0.25, 0.3) is 11.1 Å². The topological polar surface area (TPSA) is 72.6 Å². The summed E-state index contributed by atoms with van der Waals surface area (Å²) in [6, 6.07) is 11.4. The molecule has 0 aliphatic rings. The molecule has 162 valence electrons. The lowest BCUT2D eigenvalue weighted by molar-refractivity contribution is 0.0965. The summed E-state index contributed by atoms with van der Waals surface area (Å²) in [5.41, 5.74) is 7.27. The Morgan fingerprint density at radius 3 is 2.57 bits per heavy atom. The highest BCUT2D eigenvalue weighted by atomic mass is 19.1. The third-order valence-corrected chi connectivity index (χ3v) is 4.82. The quantitative estimate of drug-likeness (QED) is 0.531. The van der Waals surface area contributed by atoms with E-state index in [9.17, 15) is 14.0 Å². The summed E-state index contributed by atoms with van der Waals surface area (Å²) >= 11 is 0. The summed E-state index contributed by atoms with van der Waals surface area (Å²) in [4.78, 5) is 25.5. The normalized spacial score (nSPS) is 10.8. The molecule has 30 heavy (non-hydrogen) atoms. The average Bonchev–Trinajstić information content (AvgIpc) is 2.71. The van der Waals surface area contributed by atoms with Crippen LogP contribution in [0.5, 0.6) is 0 Å². The molecule has 6 heteroatoms. The summed E-state index contributed by atoms with van der Waals surface area (Å²) in [6.07, 6.45) is 2.23. The first-order valence-electron chi connectivity index (χ1n) is 10.4. The maximum absolute atomic E-state index is 14.8. The van der Waals surface area contributed by atoms with E-state index in [1.54, 1.807) is 41.3 Å². The molecule has 2 aromatic carbocycles. The number of benzene rings is 2. The number of primary amides is 1. The molecule has 0 saturated carbocycles.